The van der Waals surface area contributed by atoms with Crippen molar-refractivity contribution in [2.45, 2.75) is 37.0 Å². The summed E-state index contributed by atoms with van der Waals surface area (Å²) >= 11 is 0.0664. The molecule has 0 fully saturated rings. The topological polar surface area (TPSA) is 25.8 Å². The quantitative estimate of drug-likeness (QED) is 0.127. The molecule has 7 aromatic rings. The normalized spacial score (nSPS) is 11.8. The molecule has 0 spiro atoms. The molecule has 0 bridgehead atoms. The number of rotatable bonds is 5. The minimum Gasteiger partial charge on any atom is 0 e. The first kappa shape index (κ1) is 31.6. The van der Waals surface area contributed by atoms with Crippen molar-refractivity contribution < 1.29 is 21.5 Å². The summed E-state index contributed by atoms with van der Waals surface area (Å²) in [5.74, 6) is 6.48. The van der Waals surface area contributed by atoms with Crippen molar-refractivity contribution in [3.8, 4) is 33.6 Å². The fourth-order valence-corrected chi connectivity index (χ4v) is 8.53. The first-order chi connectivity index (χ1) is 21.6. The molecule has 3 aromatic heterocycles. The van der Waals surface area contributed by atoms with Crippen LogP contribution in [0.2, 0.25) is 17.3 Å². The van der Waals surface area contributed by atoms with Crippen LogP contribution in [-0.4, -0.2) is 23.2 Å². The Kier molecular flexibility index (Phi) is 10.1. The molecule has 227 valence electrons. The molecule has 7 rings (SSSR count). The Balaban J connectivity index is 0.000000209. The number of nitrogens with zero attached hydrogens (tertiary/aromatic N) is 2. The van der Waals surface area contributed by atoms with Gasteiger partial charge in [0.1, 0.15) is 0 Å². The maximum absolute atomic E-state index is 8.35. The van der Waals surface area contributed by atoms with E-state index in [0.717, 1.165) is 28.1 Å². The van der Waals surface area contributed by atoms with Crippen LogP contribution < -0.4 is 4.40 Å². The number of hydrogen-bond donors (Lipinski definition) is 0. The van der Waals surface area contributed by atoms with Gasteiger partial charge in [-0.15, -0.1) is 23.8 Å². The number of thiophene rings is 1. The second-order valence-corrected chi connectivity index (χ2v) is 23.9. The van der Waals surface area contributed by atoms with Crippen molar-refractivity contribution in [1.82, 2.24) is 9.97 Å². The molecule has 0 atom stereocenters. The molecule has 0 amide bonds. The van der Waals surface area contributed by atoms with Gasteiger partial charge in [-0.2, -0.15) is 11.3 Å². The Bertz CT molecular complexity index is 2060. The van der Waals surface area contributed by atoms with E-state index in [4.69, 9.17) is 1.37 Å². The molecule has 0 unspecified atom stereocenters. The molecule has 0 saturated heterocycles. The van der Waals surface area contributed by atoms with E-state index in [1.165, 1.54) is 35.7 Å². The van der Waals surface area contributed by atoms with Gasteiger partial charge in [0.15, 0.2) is 0 Å². The van der Waals surface area contributed by atoms with Crippen molar-refractivity contribution in [2.24, 2.45) is 0 Å². The van der Waals surface area contributed by atoms with Crippen LogP contribution in [-0.2, 0) is 20.1 Å². The molecule has 1 radical (unpaired) electrons. The molecule has 0 saturated carbocycles. The van der Waals surface area contributed by atoms with Crippen LogP contribution in [0.4, 0.5) is 0 Å². The van der Waals surface area contributed by atoms with E-state index in [1.54, 1.807) is 17.5 Å². The Morgan fingerprint density at radius 3 is 2.22 bits per heavy atom. The maximum Gasteiger partial charge on any atom is 0 e. The van der Waals surface area contributed by atoms with Crippen LogP contribution in [0.5, 0.6) is 0 Å². The Hall–Kier alpha value is -3.41. The Labute approximate surface area is 288 Å². The zero-order valence-electron chi connectivity index (χ0n) is 27.2. The second-order valence-electron chi connectivity index (χ2n) is 12.2. The molecular formula is C40H36GeIrN2S-2. The van der Waals surface area contributed by atoms with E-state index in [2.05, 4.69) is 100 Å². The van der Waals surface area contributed by atoms with Crippen LogP contribution in [0, 0.1) is 12.1 Å². The fraction of sp³-hybridized carbons (Fsp3) is 0.150. The van der Waals surface area contributed by atoms with Gasteiger partial charge >= 0.3 is 99.8 Å². The first-order valence-corrected chi connectivity index (χ1v) is 23.1. The van der Waals surface area contributed by atoms with Gasteiger partial charge in [0.2, 0.25) is 0 Å². The van der Waals surface area contributed by atoms with Gasteiger partial charge in [0.05, 0.1) is 0 Å². The third-order valence-corrected chi connectivity index (χ3v) is 13.2. The number of pyridine rings is 2. The van der Waals surface area contributed by atoms with E-state index >= 15 is 0 Å². The summed E-state index contributed by atoms with van der Waals surface area (Å²) < 4.78 is 12.3. The largest absolute Gasteiger partial charge is 0 e. The van der Waals surface area contributed by atoms with Gasteiger partial charge in [0.25, 0.3) is 0 Å². The molecule has 0 aliphatic carbocycles. The van der Waals surface area contributed by atoms with Crippen LogP contribution >= 0.6 is 11.3 Å². The van der Waals surface area contributed by atoms with Gasteiger partial charge in [-0.3, -0.25) is 0 Å². The number of hydrogen-bond acceptors (Lipinski definition) is 3. The van der Waals surface area contributed by atoms with Crippen molar-refractivity contribution in [3.05, 3.63) is 139 Å². The molecule has 0 aliphatic rings. The van der Waals surface area contributed by atoms with Gasteiger partial charge in [-0.25, -0.2) is 0 Å². The van der Waals surface area contributed by atoms with Crippen molar-refractivity contribution >= 4 is 49.2 Å². The summed E-state index contributed by atoms with van der Waals surface area (Å²) in [4.78, 5) is 9.13. The van der Waals surface area contributed by atoms with Crippen LogP contribution in [0.15, 0.2) is 122 Å². The SMILES string of the molecule is [2H]C(C)(C)c1ccnc(-c2[c-]ccc3c2sc2ccc(-c4ccccc4)cc23)c1.[CH3][Ge]([CH3])([CH3])[c]1ccc(-c2[c-]cccc2)nc1.[Ir]. The van der Waals surface area contributed by atoms with E-state index < -0.39 is 19.2 Å². The number of fused-ring (bicyclic) bond motifs is 3. The van der Waals surface area contributed by atoms with E-state index in [1.807, 2.05) is 68.6 Å². The molecule has 45 heavy (non-hydrogen) atoms. The van der Waals surface area contributed by atoms with Gasteiger partial charge in [-0.1, -0.05) is 67.3 Å². The third-order valence-electron chi connectivity index (χ3n) is 7.75. The van der Waals surface area contributed by atoms with Gasteiger partial charge in [0, 0.05) is 32.4 Å². The monoisotopic (exact) mass is 844 g/mol. The second kappa shape index (κ2) is 14.3. The standard InChI is InChI=1S/C26H20NS.C14H16GeN.Ir/c1-17(2)19-13-14-27-24(16-19)22-10-6-9-21-23-15-20(18-7-4-3-5-8-18)11-12-25(23)28-26(21)22;1-15(2,3)13-9-10-14(16-11-13)12-7-5-4-6-8-12;/h3-9,11-17H,1-2H3;4-7,9-11H,1-3H3;/q2*-1;/i17D;;. The number of aromatic nitrogens is 2. The van der Waals surface area contributed by atoms with Gasteiger partial charge < -0.3 is 4.98 Å². The molecule has 4 aromatic carbocycles. The zero-order valence-corrected chi connectivity index (χ0v) is 31.5. The summed E-state index contributed by atoms with van der Waals surface area (Å²) in [6, 6.07) is 44.1. The summed E-state index contributed by atoms with van der Waals surface area (Å²) in [6.07, 6.45) is 3.84. The Morgan fingerprint density at radius 2 is 1.53 bits per heavy atom. The van der Waals surface area contributed by atoms with E-state index in [9.17, 15) is 0 Å². The minimum atomic E-state index is -1.72. The van der Waals surface area contributed by atoms with E-state index in [0.29, 0.717) is 0 Å². The zero-order chi connectivity index (χ0) is 31.6. The molecule has 2 nitrogen and oxygen atoms in total. The van der Waals surface area contributed by atoms with Crippen molar-refractivity contribution in [3.63, 3.8) is 0 Å². The van der Waals surface area contributed by atoms with Crippen LogP contribution in [0.25, 0.3) is 53.8 Å². The molecule has 0 N–H and O–H groups in total. The summed E-state index contributed by atoms with van der Waals surface area (Å²) in [7, 11) is 0. The maximum atomic E-state index is 8.35. The smallest absolute Gasteiger partial charge is 0 e. The average molecular weight is 843 g/mol. The Morgan fingerprint density at radius 1 is 0.733 bits per heavy atom. The minimum absolute atomic E-state index is 0. The van der Waals surface area contributed by atoms with E-state index in [-0.39, 0.29) is 20.1 Å². The number of benzene rings is 4. The predicted molar refractivity (Wildman–Crippen MR) is 192 cm³/mol. The van der Waals surface area contributed by atoms with Crippen molar-refractivity contribution in [2.75, 3.05) is 0 Å². The summed E-state index contributed by atoms with van der Waals surface area (Å²) in [6.45, 7) is 3.81. The van der Waals surface area contributed by atoms with Crippen LogP contribution in [0.1, 0.15) is 26.7 Å². The van der Waals surface area contributed by atoms with Crippen LogP contribution in [0.3, 0.4) is 0 Å². The first-order valence-electron chi connectivity index (χ1n) is 15.4. The average Bonchev–Trinajstić information content (AvgIpc) is 3.43. The molecular weight excluding hydrogens is 805 g/mol. The fourth-order valence-electron chi connectivity index (χ4n) is 5.17. The predicted octanol–water partition coefficient (Wildman–Crippen LogP) is 10.8. The summed E-state index contributed by atoms with van der Waals surface area (Å²) in [5, 5.41) is 2.49. The molecule has 5 heteroatoms. The van der Waals surface area contributed by atoms with Crippen molar-refractivity contribution in [1.29, 1.82) is 0 Å². The molecule has 3 heterocycles. The summed E-state index contributed by atoms with van der Waals surface area (Å²) in [5.41, 5.74) is 7.37. The van der Waals surface area contributed by atoms with Gasteiger partial charge in [-0.05, 0) is 51.0 Å². The third kappa shape index (κ3) is 7.53. The molecule has 0 aliphatic heterocycles.